The lowest BCUT2D eigenvalue weighted by atomic mass is 9.92. The molecule has 4 rings (SSSR count). The second-order valence-electron chi connectivity index (χ2n) is 7.48. The zero-order valence-electron chi connectivity index (χ0n) is 15.9. The quantitative estimate of drug-likeness (QED) is 0.173. The van der Waals surface area contributed by atoms with Crippen LogP contribution in [0.5, 0.6) is 0 Å². The molecule has 0 radical (unpaired) electrons. The van der Waals surface area contributed by atoms with Crippen LogP contribution in [0.1, 0.15) is 44.1 Å². The molecule has 4 aromatic rings. The molecule has 4 aromatic carbocycles. The first-order chi connectivity index (χ1) is 13.4. The molecule has 0 aliphatic rings. The van der Waals surface area contributed by atoms with E-state index in [2.05, 4.69) is 67.2 Å². The zero-order valence-corrected chi connectivity index (χ0v) is 16.8. The monoisotopic (exact) mass is 376 g/mol. The van der Waals surface area contributed by atoms with Gasteiger partial charge in [-0.2, -0.15) is 12.6 Å². The van der Waals surface area contributed by atoms with E-state index in [9.17, 15) is 0 Å². The Kier molecular flexibility index (Phi) is 6.16. The SMILES string of the molecule is SCCCCCCCCOCc1ccc2ccc3cccc4ccc1c2c34. The van der Waals surface area contributed by atoms with Gasteiger partial charge in [0.2, 0.25) is 0 Å². The van der Waals surface area contributed by atoms with Crippen molar-refractivity contribution in [3.8, 4) is 0 Å². The van der Waals surface area contributed by atoms with Crippen molar-refractivity contribution >= 4 is 44.9 Å². The van der Waals surface area contributed by atoms with Crippen LogP contribution in [0.25, 0.3) is 32.3 Å². The van der Waals surface area contributed by atoms with Crippen LogP contribution in [-0.4, -0.2) is 12.4 Å². The minimum atomic E-state index is 0.702. The van der Waals surface area contributed by atoms with Crippen molar-refractivity contribution in [2.45, 2.75) is 45.1 Å². The molecule has 27 heavy (non-hydrogen) atoms. The summed E-state index contributed by atoms with van der Waals surface area (Å²) >= 11 is 4.26. The highest BCUT2D eigenvalue weighted by molar-refractivity contribution is 7.80. The Morgan fingerprint density at radius 3 is 2.04 bits per heavy atom. The predicted molar refractivity (Wildman–Crippen MR) is 121 cm³/mol. The summed E-state index contributed by atoms with van der Waals surface area (Å²) in [6.07, 6.45) is 7.63. The Morgan fingerprint density at radius 1 is 0.630 bits per heavy atom. The molecule has 0 amide bonds. The first-order valence-electron chi connectivity index (χ1n) is 10.2. The minimum absolute atomic E-state index is 0.702. The third-order valence-electron chi connectivity index (χ3n) is 5.57. The fraction of sp³-hybridized carbons (Fsp3) is 0.360. The van der Waals surface area contributed by atoms with Gasteiger partial charge in [-0.05, 0) is 56.5 Å². The molecule has 0 fully saturated rings. The highest BCUT2D eigenvalue weighted by Crippen LogP contribution is 2.36. The van der Waals surface area contributed by atoms with E-state index < -0.39 is 0 Å². The maximum Gasteiger partial charge on any atom is 0.0722 e. The lowest BCUT2D eigenvalue weighted by molar-refractivity contribution is 0.117. The highest BCUT2D eigenvalue weighted by Gasteiger charge is 2.10. The standard InChI is InChI=1S/C25H28OS/c27-17-6-4-2-1-3-5-16-26-18-22-13-12-21-11-10-19-8-7-9-20-14-15-23(22)25(21)24(19)20/h7-15,27H,1-6,16-18H2. The number of unbranched alkanes of at least 4 members (excludes halogenated alkanes) is 5. The lowest BCUT2D eigenvalue weighted by Gasteiger charge is -2.14. The van der Waals surface area contributed by atoms with E-state index >= 15 is 0 Å². The Morgan fingerprint density at radius 2 is 1.26 bits per heavy atom. The van der Waals surface area contributed by atoms with Crippen molar-refractivity contribution in [2.24, 2.45) is 0 Å². The Bertz CT molecular complexity index is 991. The van der Waals surface area contributed by atoms with Gasteiger partial charge in [0.15, 0.2) is 0 Å². The van der Waals surface area contributed by atoms with Gasteiger partial charge in [0.25, 0.3) is 0 Å². The molecule has 0 saturated heterocycles. The van der Waals surface area contributed by atoms with E-state index in [1.54, 1.807) is 0 Å². The van der Waals surface area contributed by atoms with Gasteiger partial charge >= 0.3 is 0 Å². The van der Waals surface area contributed by atoms with Crippen LogP contribution in [0.4, 0.5) is 0 Å². The van der Waals surface area contributed by atoms with Gasteiger partial charge < -0.3 is 4.74 Å². The van der Waals surface area contributed by atoms with Crippen molar-refractivity contribution in [3.63, 3.8) is 0 Å². The van der Waals surface area contributed by atoms with E-state index in [4.69, 9.17) is 4.74 Å². The fourth-order valence-corrected chi connectivity index (χ4v) is 4.35. The number of thiol groups is 1. The van der Waals surface area contributed by atoms with Gasteiger partial charge in [0, 0.05) is 6.61 Å². The molecule has 0 bridgehead atoms. The maximum absolute atomic E-state index is 6.03. The van der Waals surface area contributed by atoms with E-state index in [0.717, 1.165) is 18.8 Å². The number of benzene rings is 4. The summed E-state index contributed by atoms with van der Waals surface area (Å²) in [6.45, 7) is 1.56. The smallest absolute Gasteiger partial charge is 0.0722 e. The van der Waals surface area contributed by atoms with E-state index in [1.807, 2.05) is 0 Å². The average Bonchev–Trinajstić information content (AvgIpc) is 2.71. The predicted octanol–water partition coefficient (Wildman–Crippen LogP) is 7.37. The van der Waals surface area contributed by atoms with Gasteiger partial charge in [-0.3, -0.25) is 0 Å². The second kappa shape index (κ2) is 8.95. The summed E-state index contributed by atoms with van der Waals surface area (Å²) in [7, 11) is 0. The molecule has 0 aliphatic carbocycles. The Balaban J connectivity index is 1.42. The van der Waals surface area contributed by atoms with Crippen molar-refractivity contribution in [3.05, 3.63) is 60.2 Å². The highest BCUT2D eigenvalue weighted by atomic mass is 32.1. The third kappa shape index (κ3) is 4.07. The Hall–Kier alpha value is -1.77. The van der Waals surface area contributed by atoms with Crippen molar-refractivity contribution in [2.75, 3.05) is 12.4 Å². The summed E-state index contributed by atoms with van der Waals surface area (Å²) in [5, 5.41) is 8.07. The average molecular weight is 377 g/mol. The largest absolute Gasteiger partial charge is 0.377 e. The van der Waals surface area contributed by atoms with E-state index in [1.165, 1.54) is 70.0 Å². The molecule has 0 N–H and O–H groups in total. The van der Waals surface area contributed by atoms with Crippen LogP contribution >= 0.6 is 12.6 Å². The van der Waals surface area contributed by atoms with Gasteiger partial charge in [0.1, 0.15) is 0 Å². The number of hydrogen-bond acceptors (Lipinski definition) is 2. The summed E-state index contributed by atoms with van der Waals surface area (Å²) < 4.78 is 6.03. The van der Waals surface area contributed by atoms with Crippen molar-refractivity contribution in [1.82, 2.24) is 0 Å². The maximum atomic E-state index is 6.03. The summed E-state index contributed by atoms with van der Waals surface area (Å²) in [5.41, 5.74) is 1.30. The number of rotatable bonds is 10. The van der Waals surface area contributed by atoms with Crippen LogP contribution in [0.2, 0.25) is 0 Å². The Labute approximate surface area is 167 Å². The molecule has 0 saturated carbocycles. The van der Waals surface area contributed by atoms with Crippen molar-refractivity contribution in [1.29, 1.82) is 0 Å². The van der Waals surface area contributed by atoms with Crippen LogP contribution in [0, 0.1) is 0 Å². The third-order valence-corrected chi connectivity index (χ3v) is 5.89. The number of hydrogen-bond donors (Lipinski definition) is 1. The van der Waals surface area contributed by atoms with E-state index in [0.29, 0.717) is 6.61 Å². The molecular formula is C25H28OS. The molecule has 1 nitrogen and oxygen atoms in total. The van der Waals surface area contributed by atoms with Gasteiger partial charge in [-0.25, -0.2) is 0 Å². The molecule has 2 heteroatoms. The molecule has 140 valence electrons. The first kappa shape index (κ1) is 18.6. The van der Waals surface area contributed by atoms with Crippen LogP contribution in [-0.2, 0) is 11.3 Å². The second-order valence-corrected chi connectivity index (χ2v) is 7.93. The fourth-order valence-electron chi connectivity index (χ4n) is 4.13. The van der Waals surface area contributed by atoms with Crippen LogP contribution in [0.3, 0.4) is 0 Å². The van der Waals surface area contributed by atoms with Crippen molar-refractivity contribution < 1.29 is 4.74 Å². The molecule has 0 unspecified atom stereocenters. The topological polar surface area (TPSA) is 9.23 Å². The summed E-state index contributed by atoms with van der Waals surface area (Å²) in [4.78, 5) is 0. The van der Waals surface area contributed by atoms with Gasteiger partial charge in [-0.1, -0.05) is 80.3 Å². The molecule has 0 aromatic heterocycles. The molecular weight excluding hydrogens is 348 g/mol. The zero-order chi connectivity index (χ0) is 18.5. The summed E-state index contributed by atoms with van der Waals surface area (Å²) in [5.74, 6) is 1.02. The van der Waals surface area contributed by atoms with Crippen LogP contribution in [0.15, 0.2) is 54.6 Å². The van der Waals surface area contributed by atoms with Gasteiger partial charge in [0.05, 0.1) is 6.61 Å². The minimum Gasteiger partial charge on any atom is -0.377 e. The first-order valence-corrected chi connectivity index (χ1v) is 10.9. The van der Waals surface area contributed by atoms with E-state index in [-0.39, 0.29) is 0 Å². The molecule has 0 spiro atoms. The summed E-state index contributed by atoms with van der Waals surface area (Å²) in [6, 6.07) is 20.0. The molecule has 0 aliphatic heterocycles. The van der Waals surface area contributed by atoms with Gasteiger partial charge in [-0.15, -0.1) is 0 Å². The number of ether oxygens (including phenoxy) is 1. The molecule has 0 heterocycles. The molecule has 0 atom stereocenters. The van der Waals surface area contributed by atoms with Crippen LogP contribution < -0.4 is 0 Å². The lowest BCUT2D eigenvalue weighted by Crippen LogP contribution is -1.97. The normalized spacial score (nSPS) is 11.9.